The molecule has 0 aromatic carbocycles. The molecule has 0 aliphatic heterocycles. The van der Waals surface area contributed by atoms with E-state index >= 15 is 0 Å². The summed E-state index contributed by atoms with van der Waals surface area (Å²) in [7, 11) is 0. The number of hydrogen-bond donors (Lipinski definition) is 0. The first-order chi connectivity index (χ1) is 6.06. The topological polar surface area (TPSA) is 36.7 Å². The van der Waals surface area contributed by atoms with Gasteiger partial charge in [-0.2, -0.15) is 5.26 Å². The van der Waals surface area contributed by atoms with Crippen LogP contribution in [0.3, 0.4) is 0 Å². The Morgan fingerprint density at radius 3 is 2.62 bits per heavy atom. The zero-order valence-electron chi connectivity index (χ0n) is 6.68. The highest BCUT2D eigenvalue weighted by Crippen LogP contribution is 2.23. The third-order valence-corrected chi connectivity index (χ3v) is 1.50. The Bertz CT molecular complexity index is 368. The summed E-state index contributed by atoms with van der Waals surface area (Å²) in [4.78, 5) is 3.46. The molecule has 0 atom stereocenters. The van der Waals surface area contributed by atoms with Gasteiger partial charge in [0.05, 0.1) is 11.3 Å². The van der Waals surface area contributed by atoms with Gasteiger partial charge >= 0.3 is 0 Å². The van der Waals surface area contributed by atoms with E-state index in [1.807, 2.05) is 0 Å². The normalized spacial score (nSPS) is 10.2. The fraction of sp³-hybridized carbons (Fsp3) is 0.250. The van der Waals surface area contributed by atoms with Crippen LogP contribution in [0.5, 0.6) is 0 Å². The molecule has 0 aliphatic carbocycles. The highest BCUT2D eigenvalue weighted by molar-refractivity contribution is 5.30. The van der Waals surface area contributed by atoms with E-state index in [9.17, 15) is 13.2 Å². The van der Waals surface area contributed by atoms with E-state index < -0.39 is 17.8 Å². The lowest BCUT2D eigenvalue weighted by atomic mass is 10.2. The molecule has 0 spiro atoms. The molecular formula is C8H5F3N2. The van der Waals surface area contributed by atoms with E-state index in [1.54, 1.807) is 6.07 Å². The van der Waals surface area contributed by atoms with E-state index in [0.29, 0.717) is 0 Å². The SMILES string of the molecule is Cc1nc(C#N)cc(C(F)F)c1F. The van der Waals surface area contributed by atoms with Gasteiger partial charge in [0.2, 0.25) is 0 Å². The first kappa shape index (κ1) is 9.52. The van der Waals surface area contributed by atoms with Gasteiger partial charge in [-0.15, -0.1) is 0 Å². The molecule has 0 bridgehead atoms. The Hall–Kier alpha value is -1.57. The number of nitriles is 1. The fourth-order valence-electron chi connectivity index (χ4n) is 0.898. The van der Waals surface area contributed by atoms with Gasteiger partial charge in [-0.05, 0) is 13.0 Å². The van der Waals surface area contributed by atoms with Crippen LogP contribution in [0, 0.1) is 24.1 Å². The molecule has 1 rings (SSSR count). The second-order valence-electron chi connectivity index (χ2n) is 2.41. The molecule has 1 aromatic heterocycles. The van der Waals surface area contributed by atoms with Crippen molar-refractivity contribution in [1.29, 1.82) is 5.26 Å². The molecule has 13 heavy (non-hydrogen) atoms. The molecule has 0 saturated carbocycles. The van der Waals surface area contributed by atoms with Gasteiger partial charge in [0.25, 0.3) is 6.43 Å². The predicted octanol–water partition coefficient (Wildman–Crippen LogP) is 2.34. The van der Waals surface area contributed by atoms with Crippen molar-refractivity contribution in [3.63, 3.8) is 0 Å². The minimum Gasteiger partial charge on any atom is -0.239 e. The Morgan fingerprint density at radius 2 is 2.15 bits per heavy atom. The fourth-order valence-corrected chi connectivity index (χ4v) is 0.898. The van der Waals surface area contributed by atoms with Crippen LogP contribution in [-0.4, -0.2) is 4.98 Å². The van der Waals surface area contributed by atoms with Gasteiger partial charge in [-0.25, -0.2) is 18.2 Å². The molecule has 1 heterocycles. The van der Waals surface area contributed by atoms with Crippen LogP contribution in [0.1, 0.15) is 23.4 Å². The highest BCUT2D eigenvalue weighted by atomic mass is 19.3. The van der Waals surface area contributed by atoms with Gasteiger partial charge in [0.1, 0.15) is 11.8 Å². The number of halogens is 3. The van der Waals surface area contributed by atoms with Crippen molar-refractivity contribution < 1.29 is 13.2 Å². The second kappa shape index (κ2) is 3.44. The Morgan fingerprint density at radius 1 is 1.54 bits per heavy atom. The summed E-state index contributed by atoms with van der Waals surface area (Å²) in [6.07, 6.45) is -2.92. The molecule has 2 nitrogen and oxygen atoms in total. The van der Waals surface area contributed by atoms with Crippen molar-refractivity contribution in [3.05, 3.63) is 28.8 Å². The number of pyridine rings is 1. The van der Waals surface area contributed by atoms with Crippen LogP contribution in [0.4, 0.5) is 13.2 Å². The largest absolute Gasteiger partial charge is 0.266 e. The van der Waals surface area contributed by atoms with Crippen LogP contribution >= 0.6 is 0 Å². The van der Waals surface area contributed by atoms with Crippen LogP contribution in [0.2, 0.25) is 0 Å². The minimum atomic E-state index is -2.92. The van der Waals surface area contributed by atoms with Gasteiger partial charge in [0, 0.05) is 0 Å². The summed E-state index contributed by atoms with van der Waals surface area (Å²) >= 11 is 0. The molecule has 68 valence electrons. The average molecular weight is 186 g/mol. The van der Waals surface area contributed by atoms with E-state index in [1.165, 1.54) is 6.92 Å². The zero-order chi connectivity index (χ0) is 10.0. The van der Waals surface area contributed by atoms with E-state index in [-0.39, 0.29) is 11.4 Å². The number of nitrogens with zero attached hydrogens (tertiary/aromatic N) is 2. The molecule has 1 aromatic rings. The Labute approximate surface area is 72.6 Å². The number of aryl methyl sites for hydroxylation is 1. The third-order valence-electron chi connectivity index (χ3n) is 1.50. The standard InChI is InChI=1S/C8H5F3N2/c1-4-7(9)6(8(10)11)2-5(3-12)13-4/h2,8H,1H3. The minimum absolute atomic E-state index is 0.186. The molecule has 0 saturated heterocycles. The van der Waals surface area contributed by atoms with Crippen molar-refractivity contribution in [3.8, 4) is 6.07 Å². The first-order valence-corrected chi connectivity index (χ1v) is 3.41. The van der Waals surface area contributed by atoms with E-state index in [2.05, 4.69) is 4.98 Å². The summed E-state index contributed by atoms with van der Waals surface area (Å²) in [5.41, 5.74) is -1.16. The number of alkyl halides is 2. The molecule has 0 aliphatic rings. The molecule has 0 N–H and O–H groups in total. The maximum Gasteiger partial charge on any atom is 0.266 e. The molecule has 0 radical (unpaired) electrons. The van der Waals surface area contributed by atoms with Gasteiger partial charge in [-0.1, -0.05) is 0 Å². The average Bonchev–Trinajstić information content (AvgIpc) is 2.09. The summed E-state index contributed by atoms with van der Waals surface area (Å²) < 4.78 is 37.2. The first-order valence-electron chi connectivity index (χ1n) is 3.41. The van der Waals surface area contributed by atoms with Crippen molar-refractivity contribution in [2.24, 2.45) is 0 Å². The Kier molecular flexibility index (Phi) is 2.52. The van der Waals surface area contributed by atoms with Crippen molar-refractivity contribution in [1.82, 2.24) is 4.98 Å². The van der Waals surface area contributed by atoms with E-state index in [4.69, 9.17) is 5.26 Å². The Balaban J connectivity index is 3.35. The van der Waals surface area contributed by atoms with Crippen LogP contribution in [0.25, 0.3) is 0 Å². The maximum absolute atomic E-state index is 12.9. The molecule has 5 heteroatoms. The van der Waals surface area contributed by atoms with Crippen LogP contribution in [-0.2, 0) is 0 Å². The maximum atomic E-state index is 12.9. The number of hydrogen-bond acceptors (Lipinski definition) is 2. The number of rotatable bonds is 1. The second-order valence-corrected chi connectivity index (χ2v) is 2.41. The molecular weight excluding hydrogens is 181 g/mol. The van der Waals surface area contributed by atoms with Gasteiger partial charge in [0.15, 0.2) is 5.82 Å². The number of aromatic nitrogens is 1. The van der Waals surface area contributed by atoms with Crippen molar-refractivity contribution in [2.75, 3.05) is 0 Å². The lowest BCUT2D eigenvalue weighted by Crippen LogP contribution is -1.99. The van der Waals surface area contributed by atoms with Crippen LogP contribution < -0.4 is 0 Å². The lowest BCUT2D eigenvalue weighted by Gasteiger charge is -2.03. The summed E-state index contributed by atoms with van der Waals surface area (Å²) in [6, 6.07) is 2.34. The monoisotopic (exact) mass is 186 g/mol. The molecule has 0 amide bonds. The van der Waals surface area contributed by atoms with Crippen LogP contribution in [0.15, 0.2) is 6.07 Å². The predicted molar refractivity (Wildman–Crippen MR) is 38.6 cm³/mol. The third kappa shape index (κ3) is 1.78. The summed E-state index contributed by atoms with van der Waals surface area (Å²) in [5, 5.41) is 8.38. The van der Waals surface area contributed by atoms with E-state index in [0.717, 1.165) is 6.07 Å². The molecule has 0 unspecified atom stereocenters. The quantitative estimate of drug-likeness (QED) is 0.674. The van der Waals surface area contributed by atoms with Gasteiger partial charge < -0.3 is 0 Å². The zero-order valence-corrected chi connectivity index (χ0v) is 6.68. The smallest absolute Gasteiger partial charge is 0.239 e. The van der Waals surface area contributed by atoms with Gasteiger partial charge in [-0.3, -0.25) is 0 Å². The lowest BCUT2D eigenvalue weighted by molar-refractivity contribution is 0.146. The molecule has 0 fully saturated rings. The van der Waals surface area contributed by atoms with Crippen molar-refractivity contribution in [2.45, 2.75) is 13.3 Å². The highest BCUT2D eigenvalue weighted by Gasteiger charge is 2.17. The van der Waals surface area contributed by atoms with Crippen molar-refractivity contribution >= 4 is 0 Å². The summed E-state index contributed by atoms with van der Waals surface area (Å²) in [5.74, 6) is -1.05. The summed E-state index contributed by atoms with van der Waals surface area (Å²) in [6.45, 7) is 1.24.